The van der Waals surface area contributed by atoms with E-state index in [0.717, 1.165) is 0 Å². The predicted octanol–water partition coefficient (Wildman–Crippen LogP) is 2.46. The number of guanidine groups is 1. The molecule has 0 spiro atoms. The molecule has 0 bridgehead atoms. The van der Waals surface area contributed by atoms with E-state index in [4.69, 9.17) is 10.5 Å². The molecule has 0 atom stereocenters. The number of halogens is 3. The summed E-state index contributed by atoms with van der Waals surface area (Å²) in [5, 5.41) is 2.87. The van der Waals surface area contributed by atoms with Crippen LogP contribution in [0.25, 0.3) is 0 Å². The summed E-state index contributed by atoms with van der Waals surface area (Å²) in [7, 11) is 0. The lowest BCUT2D eigenvalue weighted by atomic mass is 10.2. The minimum atomic E-state index is -4.70. The van der Waals surface area contributed by atoms with Crippen molar-refractivity contribution in [2.75, 3.05) is 13.2 Å². The highest BCUT2D eigenvalue weighted by Gasteiger charge is 2.30. The van der Waals surface area contributed by atoms with Gasteiger partial charge < -0.3 is 20.5 Å². The topological polar surface area (TPSA) is 81.8 Å². The molecule has 6 nitrogen and oxygen atoms in total. The number of alkyl halides is 3. The molecular formula is C16H17F3N4O2. The molecule has 0 aliphatic carbocycles. The Morgan fingerprint density at radius 1 is 1.16 bits per heavy atom. The molecule has 2 aromatic rings. The molecule has 134 valence electrons. The number of ether oxygens (including phenoxy) is 2. The van der Waals surface area contributed by atoms with Gasteiger partial charge in [-0.05, 0) is 29.8 Å². The van der Waals surface area contributed by atoms with Gasteiger partial charge in [0, 0.05) is 6.20 Å². The number of aliphatic imine (C=N–C) groups is 1. The van der Waals surface area contributed by atoms with E-state index in [1.54, 1.807) is 24.5 Å². The predicted molar refractivity (Wildman–Crippen MR) is 86.2 cm³/mol. The highest BCUT2D eigenvalue weighted by molar-refractivity contribution is 5.77. The van der Waals surface area contributed by atoms with Gasteiger partial charge in [0.05, 0.1) is 19.3 Å². The molecule has 1 heterocycles. The number of aromatic nitrogens is 1. The maximum Gasteiger partial charge on any atom is 0.573 e. The van der Waals surface area contributed by atoms with E-state index < -0.39 is 6.36 Å². The van der Waals surface area contributed by atoms with Crippen LogP contribution in [0.5, 0.6) is 11.5 Å². The molecule has 0 saturated heterocycles. The van der Waals surface area contributed by atoms with Crippen LogP contribution >= 0.6 is 0 Å². The van der Waals surface area contributed by atoms with Crippen LogP contribution in [0.15, 0.2) is 53.8 Å². The molecule has 0 aliphatic rings. The lowest BCUT2D eigenvalue weighted by molar-refractivity contribution is -0.274. The Bertz CT molecular complexity index is 676. The van der Waals surface area contributed by atoms with Crippen LogP contribution in [-0.2, 0) is 6.54 Å². The monoisotopic (exact) mass is 354 g/mol. The Kier molecular flexibility index (Phi) is 6.44. The smallest absolute Gasteiger partial charge is 0.490 e. The van der Waals surface area contributed by atoms with Crippen molar-refractivity contribution < 1.29 is 22.6 Å². The quantitative estimate of drug-likeness (QED) is 0.453. The summed E-state index contributed by atoms with van der Waals surface area (Å²) >= 11 is 0. The second-order valence-corrected chi connectivity index (χ2v) is 4.86. The summed E-state index contributed by atoms with van der Waals surface area (Å²) in [4.78, 5) is 8.02. The van der Waals surface area contributed by atoms with Crippen molar-refractivity contribution >= 4 is 5.96 Å². The first-order chi connectivity index (χ1) is 11.9. The highest BCUT2D eigenvalue weighted by Crippen LogP contribution is 2.22. The summed E-state index contributed by atoms with van der Waals surface area (Å²) in [5.74, 6) is 0.588. The van der Waals surface area contributed by atoms with Crippen molar-refractivity contribution in [2.24, 2.45) is 10.7 Å². The lowest BCUT2D eigenvalue weighted by Gasteiger charge is -2.09. The van der Waals surface area contributed by atoms with E-state index in [-0.39, 0.29) is 18.3 Å². The average Bonchev–Trinajstić information content (AvgIpc) is 2.58. The van der Waals surface area contributed by atoms with Gasteiger partial charge in [0.2, 0.25) is 0 Å². The average molecular weight is 354 g/mol. The SMILES string of the molecule is NC(=NCc1ccc(OC(F)(F)F)cc1)NCCOc1cccnc1. The van der Waals surface area contributed by atoms with Crippen LogP contribution in [0.2, 0.25) is 0 Å². The molecule has 0 saturated carbocycles. The maximum atomic E-state index is 12.1. The number of nitrogens with one attached hydrogen (secondary N) is 1. The summed E-state index contributed by atoms with van der Waals surface area (Å²) in [6, 6.07) is 8.99. The minimum Gasteiger partial charge on any atom is -0.490 e. The third-order valence-corrected chi connectivity index (χ3v) is 2.90. The summed E-state index contributed by atoms with van der Waals surface area (Å²) in [5.41, 5.74) is 6.41. The molecule has 0 unspecified atom stereocenters. The fourth-order valence-electron chi connectivity index (χ4n) is 1.81. The van der Waals surface area contributed by atoms with Crippen molar-refractivity contribution in [1.29, 1.82) is 0 Å². The van der Waals surface area contributed by atoms with Gasteiger partial charge in [-0.2, -0.15) is 0 Å². The molecule has 0 aliphatic heterocycles. The summed E-state index contributed by atoms with van der Waals surface area (Å²) in [6.07, 6.45) is -1.45. The Labute approximate surface area is 142 Å². The van der Waals surface area contributed by atoms with E-state index in [2.05, 4.69) is 20.0 Å². The zero-order valence-corrected chi connectivity index (χ0v) is 13.2. The molecule has 1 aromatic heterocycles. The molecule has 1 aromatic carbocycles. The number of pyridine rings is 1. The summed E-state index contributed by atoms with van der Waals surface area (Å²) in [6.45, 7) is 1.06. The van der Waals surface area contributed by atoms with Crippen LogP contribution in [0.3, 0.4) is 0 Å². The molecule has 3 N–H and O–H groups in total. The number of nitrogens with zero attached hydrogens (tertiary/aromatic N) is 2. The van der Waals surface area contributed by atoms with Gasteiger partial charge in [-0.3, -0.25) is 4.98 Å². The van der Waals surface area contributed by atoms with Crippen molar-refractivity contribution in [3.63, 3.8) is 0 Å². The molecular weight excluding hydrogens is 337 g/mol. The number of nitrogens with two attached hydrogens (primary N) is 1. The minimum absolute atomic E-state index is 0.213. The van der Waals surface area contributed by atoms with E-state index in [1.165, 1.54) is 24.3 Å². The molecule has 9 heteroatoms. The Balaban J connectivity index is 1.71. The Hall–Kier alpha value is -2.97. The first-order valence-electron chi connectivity index (χ1n) is 7.34. The van der Waals surface area contributed by atoms with Crippen LogP contribution in [-0.4, -0.2) is 30.5 Å². The van der Waals surface area contributed by atoms with Gasteiger partial charge in [0.15, 0.2) is 5.96 Å². The molecule has 2 rings (SSSR count). The van der Waals surface area contributed by atoms with Crippen LogP contribution < -0.4 is 20.5 Å². The normalized spacial score (nSPS) is 11.9. The fraction of sp³-hybridized carbons (Fsp3) is 0.250. The zero-order chi connectivity index (χ0) is 18.1. The van der Waals surface area contributed by atoms with Crippen molar-refractivity contribution in [2.45, 2.75) is 12.9 Å². The Morgan fingerprint density at radius 2 is 1.92 bits per heavy atom. The first kappa shape index (κ1) is 18.4. The second-order valence-electron chi connectivity index (χ2n) is 4.86. The van der Waals surface area contributed by atoms with E-state index >= 15 is 0 Å². The first-order valence-corrected chi connectivity index (χ1v) is 7.34. The van der Waals surface area contributed by atoms with Gasteiger partial charge >= 0.3 is 6.36 Å². The van der Waals surface area contributed by atoms with E-state index in [9.17, 15) is 13.2 Å². The summed E-state index contributed by atoms with van der Waals surface area (Å²) < 4.78 is 45.4. The van der Waals surface area contributed by atoms with Crippen LogP contribution in [0.4, 0.5) is 13.2 Å². The fourth-order valence-corrected chi connectivity index (χ4v) is 1.81. The van der Waals surface area contributed by atoms with Crippen LogP contribution in [0.1, 0.15) is 5.56 Å². The number of hydrogen-bond donors (Lipinski definition) is 2. The largest absolute Gasteiger partial charge is 0.573 e. The molecule has 25 heavy (non-hydrogen) atoms. The zero-order valence-electron chi connectivity index (χ0n) is 13.2. The molecule has 0 fully saturated rings. The van der Waals surface area contributed by atoms with Crippen molar-refractivity contribution in [3.8, 4) is 11.5 Å². The maximum absolute atomic E-state index is 12.1. The number of benzene rings is 1. The highest BCUT2D eigenvalue weighted by atomic mass is 19.4. The lowest BCUT2D eigenvalue weighted by Crippen LogP contribution is -2.34. The van der Waals surface area contributed by atoms with Crippen molar-refractivity contribution in [1.82, 2.24) is 10.3 Å². The third kappa shape index (κ3) is 7.42. The van der Waals surface area contributed by atoms with E-state index in [0.29, 0.717) is 24.5 Å². The van der Waals surface area contributed by atoms with Gasteiger partial charge in [-0.15, -0.1) is 13.2 Å². The Morgan fingerprint density at radius 3 is 2.56 bits per heavy atom. The van der Waals surface area contributed by atoms with Gasteiger partial charge in [0.25, 0.3) is 0 Å². The third-order valence-electron chi connectivity index (χ3n) is 2.90. The number of rotatable bonds is 7. The van der Waals surface area contributed by atoms with Crippen molar-refractivity contribution in [3.05, 3.63) is 54.4 Å². The van der Waals surface area contributed by atoms with Gasteiger partial charge in [-0.1, -0.05) is 12.1 Å². The molecule has 0 radical (unpaired) electrons. The van der Waals surface area contributed by atoms with E-state index in [1.807, 2.05) is 0 Å². The van der Waals surface area contributed by atoms with Gasteiger partial charge in [-0.25, -0.2) is 4.99 Å². The second kappa shape index (κ2) is 8.76. The number of hydrogen-bond acceptors (Lipinski definition) is 4. The van der Waals surface area contributed by atoms with Crippen LogP contribution in [0, 0.1) is 0 Å². The molecule has 0 amide bonds. The standard InChI is InChI=1S/C16H17F3N4O2/c17-16(18,19)25-13-5-3-12(4-6-13)10-23-15(20)22-8-9-24-14-2-1-7-21-11-14/h1-7,11H,8-10H2,(H3,20,22,23). The van der Waals surface area contributed by atoms with Gasteiger partial charge in [0.1, 0.15) is 18.1 Å².